The first-order chi connectivity index (χ1) is 16.4. The smallest absolute Gasteiger partial charge is 0.355 e. The van der Waals surface area contributed by atoms with E-state index in [0.29, 0.717) is 21.9 Å². The van der Waals surface area contributed by atoms with Gasteiger partial charge in [-0.15, -0.1) is 0 Å². The number of ether oxygens (including phenoxy) is 2. The lowest BCUT2D eigenvalue weighted by molar-refractivity contribution is -0.139. The van der Waals surface area contributed by atoms with Gasteiger partial charge in [-0.05, 0) is 53.6 Å². The highest BCUT2D eigenvalue weighted by Crippen LogP contribution is 2.30. The molecule has 176 valence electrons. The van der Waals surface area contributed by atoms with Crippen LogP contribution in [0, 0.1) is 11.6 Å². The topological polar surface area (TPSA) is 69.6 Å². The van der Waals surface area contributed by atoms with Crippen LogP contribution in [0.5, 0.6) is 0 Å². The second-order valence-corrected chi connectivity index (χ2v) is 7.76. The van der Waals surface area contributed by atoms with E-state index in [1.807, 2.05) is 18.2 Å². The van der Waals surface area contributed by atoms with Gasteiger partial charge in [0.05, 0.1) is 20.3 Å². The van der Waals surface area contributed by atoms with Crippen molar-refractivity contribution in [1.29, 1.82) is 0 Å². The third kappa shape index (κ3) is 4.63. The second-order valence-electron chi connectivity index (χ2n) is 7.76. The summed E-state index contributed by atoms with van der Waals surface area (Å²) in [5, 5.41) is 5.04. The lowest BCUT2D eigenvalue weighted by Gasteiger charge is -2.14. The summed E-state index contributed by atoms with van der Waals surface area (Å²) in [6.07, 6.45) is 0. The highest BCUT2D eigenvalue weighted by Gasteiger charge is 2.25. The van der Waals surface area contributed by atoms with Crippen molar-refractivity contribution in [2.45, 2.75) is 20.0 Å². The van der Waals surface area contributed by atoms with Crippen molar-refractivity contribution in [2.75, 3.05) is 20.3 Å². The lowest BCUT2D eigenvalue weighted by Crippen LogP contribution is -2.25. The van der Waals surface area contributed by atoms with Crippen LogP contribution in [0.2, 0.25) is 0 Å². The number of fused-ring (bicyclic) bond motifs is 2. The lowest BCUT2D eigenvalue weighted by atomic mass is 10.0. The zero-order valence-electron chi connectivity index (χ0n) is 18.9. The summed E-state index contributed by atoms with van der Waals surface area (Å²) < 4.78 is 40.0. The standard InChI is InChI=1S/C26H24F2N2O4/c1-3-34-26(32)25-22(13-29-14-24(31)33-2)21-12-19(28)9-10-23(21)30(25)15-17-6-4-5-16-7-8-18(27)11-20(16)17/h4-12,29H,3,13-15H2,1-2H3. The SMILES string of the molecule is CCOC(=O)c1c(CNCC(=O)OC)c2cc(F)ccc2n1Cc1cccc2ccc(F)cc12. The number of aromatic nitrogens is 1. The summed E-state index contributed by atoms with van der Waals surface area (Å²) >= 11 is 0. The Morgan fingerprint density at radius 1 is 1.00 bits per heavy atom. The number of benzene rings is 3. The van der Waals surface area contributed by atoms with Gasteiger partial charge in [-0.3, -0.25) is 4.79 Å². The number of carbonyl (C=O) groups excluding carboxylic acids is 2. The molecule has 0 amide bonds. The van der Waals surface area contributed by atoms with Gasteiger partial charge in [0.15, 0.2) is 0 Å². The molecule has 1 heterocycles. The first kappa shape index (κ1) is 23.4. The summed E-state index contributed by atoms with van der Waals surface area (Å²) in [6, 6.07) is 14.4. The Balaban J connectivity index is 1.88. The van der Waals surface area contributed by atoms with Gasteiger partial charge in [-0.1, -0.05) is 24.3 Å². The van der Waals surface area contributed by atoms with E-state index in [-0.39, 0.29) is 37.8 Å². The van der Waals surface area contributed by atoms with Crippen molar-refractivity contribution in [3.63, 3.8) is 0 Å². The molecule has 34 heavy (non-hydrogen) atoms. The fraction of sp³-hybridized carbons (Fsp3) is 0.231. The van der Waals surface area contributed by atoms with Crippen LogP contribution in [-0.4, -0.2) is 36.8 Å². The van der Waals surface area contributed by atoms with Crippen molar-refractivity contribution < 1.29 is 27.8 Å². The van der Waals surface area contributed by atoms with Crippen LogP contribution >= 0.6 is 0 Å². The summed E-state index contributed by atoms with van der Waals surface area (Å²) in [7, 11) is 1.28. The van der Waals surface area contributed by atoms with Crippen molar-refractivity contribution >= 4 is 33.6 Å². The van der Waals surface area contributed by atoms with E-state index >= 15 is 0 Å². The fourth-order valence-corrected chi connectivity index (χ4v) is 4.15. The monoisotopic (exact) mass is 466 g/mol. The predicted molar refractivity (Wildman–Crippen MR) is 125 cm³/mol. The molecule has 4 rings (SSSR count). The number of nitrogens with zero attached hydrogens (tertiary/aromatic N) is 1. The Labute approximate surface area is 195 Å². The Kier molecular flexibility index (Phi) is 6.88. The third-order valence-corrected chi connectivity index (χ3v) is 5.66. The summed E-state index contributed by atoms with van der Waals surface area (Å²) in [5.74, 6) is -1.86. The maximum atomic E-state index is 14.2. The van der Waals surface area contributed by atoms with Crippen LogP contribution in [0.25, 0.3) is 21.7 Å². The molecule has 6 nitrogen and oxygen atoms in total. The average Bonchev–Trinajstić information content (AvgIpc) is 3.11. The molecule has 4 aromatic rings. The number of rotatable bonds is 8. The molecule has 0 spiro atoms. The average molecular weight is 466 g/mol. The van der Waals surface area contributed by atoms with Gasteiger partial charge < -0.3 is 19.4 Å². The van der Waals surface area contributed by atoms with Crippen molar-refractivity contribution in [3.05, 3.63) is 83.1 Å². The zero-order valence-corrected chi connectivity index (χ0v) is 18.9. The molecule has 0 aliphatic carbocycles. The predicted octanol–water partition coefficient (Wildman–Crippen LogP) is 4.56. The van der Waals surface area contributed by atoms with Gasteiger partial charge >= 0.3 is 11.9 Å². The quantitative estimate of drug-likeness (QED) is 0.386. The van der Waals surface area contributed by atoms with E-state index in [2.05, 4.69) is 10.1 Å². The number of methoxy groups -OCH3 is 1. The van der Waals surface area contributed by atoms with E-state index in [9.17, 15) is 18.4 Å². The summed E-state index contributed by atoms with van der Waals surface area (Å²) in [4.78, 5) is 24.7. The molecule has 8 heteroatoms. The van der Waals surface area contributed by atoms with E-state index in [1.165, 1.54) is 31.4 Å². The minimum absolute atomic E-state index is 0.0800. The Hall–Kier alpha value is -3.78. The number of esters is 2. The number of nitrogens with one attached hydrogen (secondary N) is 1. The van der Waals surface area contributed by atoms with Gasteiger partial charge in [0.2, 0.25) is 0 Å². The fourth-order valence-electron chi connectivity index (χ4n) is 4.15. The largest absolute Gasteiger partial charge is 0.468 e. The first-order valence-corrected chi connectivity index (χ1v) is 10.8. The van der Waals surface area contributed by atoms with Gasteiger partial charge in [0.1, 0.15) is 17.3 Å². The number of carbonyl (C=O) groups is 2. The third-order valence-electron chi connectivity index (χ3n) is 5.66. The van der Waals surface area contributed by atoms with Crippen LogP contribution in [0.4, 0.5) is 8.78 Å². The molecule has 0 saturated carbocycles. The molecule has 0 fully saturated rings. The number of hydrogen-bond donors (Lipinski definition) is 1. The maximum absolute atomic E-state index is 14.2. The Morgan fingerprint density at radius 2 is 1.74 bits per heavy atom. The molecule has 0 bridgehead atoms. The maximum Gasteiger partial charge on any atom is 0.355 e. The van der Waals surface area contributed by atoms with Gasteiger partial charge in [0, 0.05) is 29.6 Å². The highest BCUT2D eigenvalue weighted by molar-refractivity contribution is 5.99. The van der Waals surface area contributed by atoms with Gasteiger partial charge in [-0.2, -0.15) is 0 Å². The second kappa shape index (κ2) is 10.0. The molecule has 0 radical (unpaired) electrons. The van der Waals surface area contributed by atoms with E-state index in [1.54, 1.807) is 23.6 Å². The number of halogens is 2. The van der Waals surface area contributed by atoms with E-state index < -0.39 is 17.8 Å². The Morgan fingerprint density at radius 3 is 2.47 bits per heavy atom. The first-order valence-electron chi connectivity index (χ1n) is 10.8. The molecule has 1 aromatic heterocycles. The minimum atomic E-state index is -0.569. The van der Waals surface area contributed by atoms with Gasteiger partial charge in [-0.25, -0.2) is 13.6 Å². The Bertz CT molecular complexity index is 1380. The minimum Gasteiger partial charge on any atom is -0.468 e. The molecule has 0 atom stereocenters. The normalized spacial score (nSPS) is 11.2. The summed E-state index contributed by atoms with van der Waals surface area (Å²) in [6.45, 7) is 2.12. The van der Waals surface area contributed by atoms with Crippen LogP contribution < -0.4 is 5.32 Å². The van der Waals surface area contributed by atoms with E-state index in [4.69, 9.17) is 4.74 Å². The molecule has 0 aliphatic rings. The zero-order chi connectivity index (χ0) is 24.2. The van der Waals surface area contributed by atoms with Crippen molar-refractivity contribution in [1.82, 2.24) is 9.88 Å². The van der Waals surface area contributed by atoms with Crippen LogP contribution in [0.15, 0.2) is 54.6 Å². The van der Waals surface area contributed by atoms with Crippen molar-refractivity contribution in [3.8, 4) is 0 Å². The highest BCUT2D eigenvalue weighted by atomic mass is 19.1. The molecule has 3 aromatic carbocycles. The molecule has 0 unspecified atom stereocenters. The molecule has 0 aliphatic heterocycles. The van der Waals surface area contributed by atoms with Crippen LogP contribution in [-0.2, 0) is 27.4 Å². The molecular weight excluding hydrogens is 442 g/mol. The number of hydrogen-bond acceptors (Lipinski definition) is 5. The van der Waals surface area contributed by atoms with Crippen molar-refractivity contribution in [2.24, 2.45) is 0 Å². The molecular formula is C26H24F2N2O4. The van der Waals surface area contributed by atoms with Gasteiger partial charge in [0.25, 0.3) is 0 Å². The van der Waals surface area contributed by atoms with Crippen LogP contribution in [0.1, 0.15) is 28.5 Å². The summed E-state index contributed by atoms with van der Waals surface area (Å²) in [5.41, 5.74) is 2.15. The molecule has 0 saturated heterocycles. The van der Waals surface area contributed by atoms with E-state index in [0.717, 1.165) is 10.9 Å². The van der Waals surface area contributed by atoms with Crippen LogP contribution in [0.3, 0.4) is 0 Å². The molecule has 1 N–H and O–H groups in total.